The molecule has 0 aromatic carbocycles. The van der Waals surface area contributed by atoms with Gasteiger partial charge in [-0.15, -0.1) is 0 Å². The van der Waals surface area contributed by atoms with E-state index < -0.39 is 11.4 Å². The molecule has 7 nitrogen and oxygen atoms in total. The molecule has 2 heterocycles. The van der Waals surface area contributed by atoms with E-state index in [1.807, 2.05) is 24.7 Å². The summed E-state index contributed by atoms with van der Waals surface area (Å²) in [6, 6.07) is 1.95. The fourth-order valence-electron chi connectivity index (χ4n) is 2.84. The maximum Gasteiger partial charge on any atom is 0.272 e. The zero-order chi connectivity index (χ0) is 16.2. The number of carbonyl (C=O) groups excluding carboxylic acids is 2. The van der Waals surface area contributed by atoms with Crippen LogP contribution in [0.25, 0.3) is 0 Å². The third-order valence-corrected chi connectivity index (χ3v) is 4.52. The Balaban J connectivity index is 2.09. The smallest absolute Gasteiger partial charge is 0.272 e. The SMILES string of the molecule is CCC(CC)(NC(=O)c1ccn(C2CCCNC2)n1)C(N)=O. The number of aromatic nitrogens is 2. The van der Waals surface area contributed by atoms with E-state index in [0.717, 1.165) is 25.9 Å². The average Bonchev–Trinajstić information content (AvgIpc) is 3.03. The van der Waals surface area contributed by atoms with Crippen LogP contribution >= 0.6 is 0 Å². The minimum atomic E-state index is -1.01. The monoisotopic (exact) mass is 307 g/mol. The Hall–Kier alpha value is -1.89. The molecule has 2 amide bonds. The lowest BCUT2D eigenvalue weighted by Gasteiger charge is -2.28. The van der Waals surface area contributed by atoms with Crippen LogP contribution in [0.3, 0.4) is 0 Å². The van der Waals surface area contributed by atoms with Gasteiger partial charge in [0.1, 0.15) is 11.2 Å². The molecule has 4 N–H and O–H groups in total. The number of hydrogen-bond donors (Lipinski definition) is 3. The highest BCUT2D eigenvalue weighted by Gasteiger charge is 2.35. The molecular weight excluding hydrogens is 282 g/mol. The summed E-state index contributed by atoms with van der Waals surface area (Å²) in [5.74, 6) is -0.869. The number of amides is 2. The van der Waals surface area contributed by atoms with Crippen LogP contribution in [0.5, 0.6) is 0 Å². The summed E-state index contributed by atoms with van der Waals surface area (Å²) in [7, 11) is 0. The summed E-state index contributed by atoms with van der Waals surface area (Å²) in [4.78, 5) is 24.0. The van der Waals surface area contributed by atoms with Crippen molar-refractivity contribution in [2.45, 2.75) is 51.1 Å². The van der Waals surface area contributed by atoms with Crippen molar-refractivity contribution >= 4 is 11.8 Å². The summed E-state index contributed by atoms with van der Waals surface area (Å²) in [5.41, 5.74) is 4.76. The van der Waals surface area contributed by atoms with Crippen LogP contribution in [0.15, 0.2) is 12.3 Å². The molecule has 1 aliphatic rings. The topological polar surface area (TPSA) is 102 Å². The molecule has 7 heteroatoms. The van der Waals surface area contributed by atoms with Crippen LogP contribution in [0.4, 0.5) is 0 Å². The minimum Gasteiger partial charge on any atom is -0.368 e. The molecule has 0 aliphatic carbocycles. The first-order chi connectivity index (χ1) is 10.5. The van der Waals surface area contributed by atoms with Crippen molar-refractivity contribution in [2.24, 2.45) is 5.73 Å². The molecule has 22 heavy (non-hydrogen) atoms. The van der Waals surface area contributed by atoms with Gasteiger partial charge in [-0.3, -0.25) is 14.3 Å². The van der Waals surface area contributed by atoms with Crippen LogP contribution in [-0.2, 0) is 4.79 Å². The highest BCUT2D eigenvalue weighted by molar-refractivity contribution is 5.97. The largest absolute Gasteiger partial charge is 0.368 e. The Morgan fingerprint density at radius 2 is 2.23 bits per heavy atom. The third-order valence-electron chi connectivity index (χ3n) is 4.52. The predicted octanol–water partition coefficient (Wildman–Crippen LogP) is 0.582. The number of nitrogens with two attached hydrogens (primary N) is 1. The highest BCUT2D eigenvalue weighted by Crippen LogP contribution is 2.18. The Labute approximate surface area is 130 Å². The molecule has 1 saturated heterocycles. The van der Waals surface area contributed by atoms with E-state index in [4.69, 9.17) is 5.73 Å². The van der Waals surface area contributed by atoms with Crippen molar-refractivity contribution in [3.63, 3.8) is 0 Å². The standard InChI is InChI=1S/C15H25N5O2/c1-3-15(4-2,14(16)22)18-13(21)12-7-9-20(19-12)11-6-5-8-17-10-11/h7,9,11,17H,3-6,8,10H2,1-2H3,(H2,16,22)(H,18,21). The van der Waals surface area contributed by atoms with Gasteiger partial charge in [0.15, 0.2) is 0 Å². The Morgan fingerprint density at radius 1 is 1.50 bits per heavy atom. The van der Waals surface area contributed by atoms with Crippen molar-refractivity contribution in [3.8, 4) is 0 Å². The third kappa shape index (κ3) is 3.30. The molecule has 1 atom stereocenters. The number of carbonyl (C=O) groups is 2. The molecule has 0 saturated carbocycles. The number of rotatable bonds is 6. The number of piperidine rings is 1. The van der Waals surface area contributed by atoms with Crippen LogP contribution in [0.1, 0.15) is 56.1 Å². The van der Waals surface area contributed by atoms with E-state index >= 15 is 0 Å². The van der Waals surface area contributed by atoms with Gasteiger partial charge in [-0.25, -0.2) is 0 Å². The Kier molecular flexibility index (Phi) is 5.18. The number of nitrogens with one attached hydrogen (secondary N) is 2. The molecule has 0 radical (unpaired) electrons. The van der Waals surface area contributed by atoms with E-state index in [1.165, 1.54) is 0 Å². The molecule has 1 aliphatic heterocycles. The lowest BCUT2D eigenvalue weighted by atomic mass is 9.92. The molecule has 1 aromatic heterocycles. The quantitative estimate of drug-likeness (QED) is 0.715. The van der Waals surface area contributed by atoms with Gasteiger partial charge in [0.05, 0.1) is 6.04 Å². The van der Waals surface area contributed by atoms with Gasteiger partial charge in [0.25, 0.3) is 5.91 Å². The van der Waals surface area contributed by atoms with Gasteiger partial charge in [0.2, 0.25) is 5.91 Å². The van der Waals surface area contributed by atoms with Gasteiger partial charge in [-0.1, -0.05) is 13.8 Å². The maximum absolute atomic E-state index is 12.4. The van der Waals surface area contributed by atoms with E-state index in [-0.39, 0.29) is 11.9 Å². The van der Waals surface area contributed by atoms with Gasteiger partial charge in [-0.2, -0.15) is 5.10 Å². The molecule has 1 unspecified atom stereocenters. The summed E-state index contributed by atoms with van der Waals surface area (Å²) >= 11 is 0. The predicted molar refractivity (Wildman–Crippen MR) is 83.3 cm³/mol. The fourth-order valence-corrected chi connectivity index (χ4v) is 2.84. The number of nitrogens with zero attached hydrogens (tertiary/aromatic N) is 2. The first-order valence-corrected chi connectivity index (χ1v) is 7.90. The molecule has 1 aromatic rings. The van der Waals surface area contributed by atoms with Gasteiger partial charge in [0, 0.05) is 12.7 Å². The number of primary amides is 1. The molecular formula is C15H25N5O2. The second kappa shape index (κ2) is 6.91. The van der Waals surface area contributed by atoms with Gasteiger partial charge >= 0.3 is 0 Å². The van der Waals surface area contributed by atoms with E-state index in [2.05, 4.69) is 15.7 Å². The summed E-state index contributed by atoms with van der Waals surface area (Å²) in [5, 5.41) is 10.4. The van der Waals surface area contributed by atoms with E-state index in [1.54, 1.807) is 6.07 Å². The average molecular weight is 307 g/mol. The first-order valence-electron chi connectivity index (χ1n) is 7.90. The van der Waals surface area contributed by atoms with Crippen LogP contribution < -0.4 is 16.4 Å². The van der Waals surface area contributed by atoms with Crippen molar-refractivity contribution in [1.29, 1.82) is 0 Å². The Morgan fingerprint density at radius 3 is 2.77 bits per heavy atom. The van der Waals surface area contributed by atoms with Gasteiger partial charge in [-0.05, 0) is 38.3 Å². The van der Waals surface area contributed by atoms with Crippen molar-refractivity contribution < 1.29 is 9.59 Å². The van der Waals surface area contributed by atoms with Crippen molar-refractivity contribution in [3.05, 3.63) is 18.0 Å². The maximum atomic E-state index is 12.4. The molecule has 2 rings (SSSR count). The summed E-state index contributed by atoms with van der Waals surface area (Å²) in [6.07, 6.45) is 4.87. The zero-order valence-corrected chi connectivity index (χ0v) is 13.3. The molecule has 0 spiro atoms. The summed E-state index contributed by atoms with van der Waals surface area (Å²) < 4.78 is 1.82. The van der Waals surface area contributed by atoms with Crippen molar-refractivity contribution in [1.82, 2.24) is 20.4 Å². The van der Waals surface area contributed by atoms with Gasteiger partial charge < -0.3 is 16.4 Å². The van der Waals surface area contributed by atoms with Crippen molar-refractivity contribution in [2.75, 3.05) is 13.1 Å². The van der Waals surface area contributed by atoms with E-state index in [9.17, 15) is 9.59 Å². The minimum absolute atomic E-state index is 0.272. The fraction of sp³-hybridized carbons (Fsp3) is 0.667. The van der Waals surface area contributed by atoms with Crippen LogP contribution in [0.2, 0.25) is 0 Å². The van der Waals surface area contributed by atoms with Crippen LogP contribution in [0, 0.1) is 0 Å². The van der Waals surface area contributed by atoms with Crippen LogP contribution in [-0.4, -0.2) is 40.2 Å². The molecule has 1 fully saturated rings. The summed E-state index contributed by atoms with van der Waals surface area (Å²) in [6.45, 7) is 5.55. The number of hydrogen-bond acceptors (Lipinski definition) is 4. The zero-order valence-electron chi connectivity index (χ0n) is 13.3. The highest BCUT2D eigenvalue weighted by atomic mass is 16.2. The second-order valence-electron chi connectivity index (χ2n) is 5.79. The lowest BCUT2D eigenvalue weighted by molar-refractivity contribution is -0.124. The molecule has 0 bridgehead atoms. The normalized spacial score (nSPS) is 18.9. The first kappa shape index (κ1) is 16.5. The molecule has 122 valence electrons. The Bertz CT molecular complexity index is 530. The van der Waals surface area contributed by atoms with E-state index in [0.29, 0.717) is 18.5 Å². The second-order valence-corrected chi connectivity index (χ2v) is 5.79. The lowest BCUT2D eigenvalue weighted by Crippen LogP contribution is -2.56.